The van der Waals surface area contributed by atoms with Gasteiger partial charge in [0.05, 0.1) is 5.84 Å². The zero-order valence-electron chi connectivity index (χ0n) is 23.4. The molecule has 3 aliphatic rings. The first-order valence-corrected chi connectivity index (χ1v) is 15.9. The van der Waals surface area contributed by atoms with E-state index >= 15 is 0 Å². The van der Waals surface area contributed by atoms with Crippen LogP contribution in [-0.4, -0.2) is 40.1 Å². The molecule has 1 heterocycles. The van der Waals surface area contributed by atoms with E-state index in [-0.39, 0.29) is 29.4 Å². The van der Waals surface area contributed by atoms with E-state index in [0.717, 1.165) is 74.4 Å². The number of hydrogen-bond donors (Lipinski definition) is 2. The summed E-state index contributed by atoms with van der Waals surface area (Å²) in [6.45, 7) is 2.67. The Hall–Kier alpha value is -2.72. The van der Waals surface area contributed by atoms with Gasteiger partial charge in [0.15, 0.2) is 11.6 Å². The van der Waals surface area contributed by atoms with Crippen molar-refractivity contribution in [3.05, 3.63) is 77.1 Å². The average molecular weight is 594 g/mol. The predicted octanol–water partition coefficient (Wildman–Crippen LogP) is 6.60. The first-order valence-electron chi connectivity index (χ1n) is 14.4. The minimum atomic E-state index is -3.86. The van der Waals surface area contributed by atoms with Gasteiger partial charge in [-0.1, -0.05) is 31.2 Å². The van der Waals surface area contributed by atoms with Crippen LogP contribution in [0.25, 0.3) is 0 Å². The Bertz CT molecular complexity index is 1330. The summed E-state index contributed by atoms with van der Waals surface area (Å²) >= 11 is 0. The lowest BCUT2D eigenvalue weighted by Crippen LogP contribution is -2.33. The van der Waals surface area contributed by atoms with Gasteiger partial charge in [0, 0.05) is 31.5 Å². The van der Waals surface area contributed by atoms with E-state index in [2.05, 4.69) is 10.0 Å². The van der Waals surface area contributed by atoms with Crippen molar-refractivity contribution >= 4 is 15.9 Å². The number of nitrogens with one attached hydrogen (secondary N) is 2. The van der Waals surface area contributed by atoms with E-state index in [0.29, 0.717) is 19.0 Å². The number of hydrogen-bond acceptors (Lipinski definition) is 3. The Morgan fingerprint density at radius 1 is 0.976 bits per heavy atom. The number of amidine groups is 1. The highest BCUT2D eigenvalue weighted by molar-refractivity contribution is 7.89. The Morgan fingerprint density at radius 2 is 1.68 bits per heavy atom. The lowest BCUT2D eigenvalue weighted by molar-refractivity contribution is 0.280. The monoisotopic (exact) mass is 593 g/mol. The van der Waals surface area contributed by atoms with Gasteiger partial charge < -0.3 is 5.32 Å². The van der Waals surface area contributed by atoms with Crippen LogP contribution in [0.15, 0.2) is 58.4 Å². The Kier molecular flexibility index (Phi) is 11.0. The molecule has 2 unspecified atom stereocenters. The van der Waals surface area contributed by atoms with E-state index < -0.39 is 27.5 Å². The van der Waals surface area contributed by atoms with Crippen molar-refractivity contribution in [2.75, 3.05) is 19.8 Å². The van der Waals surface area contributed by atoms with Gasteiger partial charge in [-0.2, -0.15) is 0 Å². The lowest BCUT2D eigenvalue weighted by Gasteiger charge is -2.28. The number of aryl methyl sites for hydroxylation is 1. The summed E-state index contributed by atoms with van der Waals surface area (Å²) in [5.74, 6) is -0.586. The van der Waals surface area contributed by atoms with Crippen LogP contribution in [0.2, 0.25) is 0 Å². The quantitative estimate of drug-likeness (QED) is 0.268. The van der Waals surface area contributed by atoms with Crippen LogP contribution in [0.1, 0.15) is 68.9 Å². The van der Waals surface area contributed by atoms with Crippen LogP contribution < -0.4 is 10.0 Å². The van der Waals surface area contributed by atoms with Gasteiger partial charge in [-0.25, -0.2) is 30.7 Å². The fourth-order valence-electron chi connectivity index (χ4n) is 5.97. The number of fused-ring (bicyclic) bond motifs is 3. The van der Waals surface area contributed by atoms with Crippen LogP contribution in [0.5, 0.6) is 0 Å². The molecule has 2 aromatic carbocycles. The first-order chi connectivity index (χ1) is 19.7. The Balaban J connectivity index is 0.000000585. The normalized spacial score (nSPS) is 24.9. The number of allylic oxidation sites excluding steroid dienone is 2. The zero-order chi connectivity index (χ0) is 29.4. The highest BCUT2D eigenvalue weighted by Crippen LogP contribution is 2.39. The van der Waals surface area contributed by atoms with Crippen molar-refractivity contribution in [1.29, 1.82) is 0 Å². The molecule has 0 amide bonds. The molecule has 1 saturated carbocycles. The third kappa shape index (κ3) is 8.19. The molecular weight excluding hydrogens is 554 g/mol. The summed E-state index contributed by atoms with van der Waals surface area (Å²) in [4.78, 5) is 4.51. The van der Waals surface area contributed by atoms with Gasteiger partial charge in [-0.15, -0.1) is 0 Å². The standard InChI is InChI=1S/C26H30F3N3O2S.C5H9F/c27-21-3-1-2-4-25(21)35(33,34)31-15-17-7-5-16(6-8-17)14-30-26-13-20-19-12-23(29)22(28)11-18(19)9-10-24(20)32-26;1-2-3-4-5-6/h1-4,11-12,16-17,20,24,31H,5-10,13-15H2,(H,30,32);3-4H,2,5H2,1H3/b;4-3+. The first kappa shape index (κ1) is 31.2. The molecule has 2 aliphatic carbocycles. The molecule has 1 aliphatic heterocycles. The second-order valence-corrected chi connectivity index (χ2v) is 12.8. The van der Waals surface area contributed by atoms with Crippen molar-refractivity contribution < 1.29 is 26.0 Å². The molecule has 1 saturated heterocycles. The molecule has 0 bridgehead atoms. The molecule has 0 radical (unpaired) electrons. The van der Waals surface area contributed by atoms with Crippen LogP contribution in [-0.2, 0) is 16.4 Å². The molecule has 0 aromatic heterocycles. The summed E-state index contributed by atoms with van der Waals surface area (Å²) in [5, 5.41) is 3.50. The minimum Gasteiger partial charge on any atom is -0.370 e. The molecule has 2 N–H and O–H groups in total. The largest absolute Gasteiger partial charge is 0.370 e. The molecule has 2 atom stereocenters. The van der Waals surface area contributed by atoms with Gasteiger partial charge in [0.1, 0.15) is 17.4 Å². The number of nitrogens with zero attached hydrogens (tertiary/aromatic N) is 1. The van der Waals surface area contributed by atoms with Crippen molar-refractivity contribution in [2.24, 2.45) is 16.8 Å². The maximum absolute atomic E-state index is 13.9. The van der Waals surface area contributed by atoms with Gasteiger partial charge in [0.25, 0.3) is 0 Å². The van der Waals surface area contributed by atoms with Crippen molar-refractivity contribution in [1.82, 2.24) is 10.0 Å². The highest BCUT2D eigenvalue weighted by atomic mass is 32.2. The molecule has 2 aromatic rings. The van der Waals surface area contributed by atoms with Crippen molar-refractivity contribution in [3.63, 3.8) is 0 Å². The molecule has 10 heteroatoms. The molecule has 2 fully saturated rings. The third-order valence-corrected chi connectivity index (χ3v) is 9.70. The van der Waals surface area contributed by atoms with Gasteiger partial charge in [-0.05, 0) is 92.2 Å². The van der Waals surface area contributed by atoms with Gasteiger partial charge >= 0.3 is 0 Å². The van der Waals surface area contributed by atoms with Gasteiger partial charge in [0.2, 0.25) is 10.0 Å². The van der Waals surface area contributed by atoms with Crippen molar-refractivity contribution in [2.45, 2.75) is 75.1 Å². The molecule has 5 rings (SSSR count). The number of alkyl halides is 1. The fourth-order valence-corrected chi connectivity index (χ4v) is 7.16. The maximum Gasteiger partial charge on any atom is 0.243 e. The van der Waals surface area contributed by atoms with Gasteiger partial charge in [-0.3, -0.25) is 4.99 Å². The topological polar surface area (TPSA) is 70.6 Å². The van der Waals surface area contributed by atoms with E-state index in [1.54, 1.807) is 6.08 Å². The summed E-state index contributed by atoms with van der Waals surface area (Å²) < 4.78 is 79.8. The number of sulfonamides is 1. The summed E-state index contributed by atoms with van der Waals surface area (Å²) in [5.41, 5.74) is 1.80. The van der Waals surface area contributed by atoms with E-state index in [4.69, 9.17) is 4.99 Å². The predicted molar refractivity (Wildman–Crippen MR) is 154 cm³/mol. The average Bonchev–Trinajstić information content (AvgIpc) is 3.39. The Labute approximate surface area is 240 Å². The molecule has 5 nitrogen and oxygen atoms in total. The second-order valence-electron chi connectivity index (χ2n) is 11.1. The Morgan fingerprint density at radius 3 is 2.37 bits per heavy atom. The molecule has 0 spiro atoms. The summed E-state index contributed by atoms with van der Waals surface area (Å²) in [6, 6.07) is 8.30. The van der Waals surface area contributed by atoms with Crippen LogP contribution >= 0.6 is 0 Å². The fraction of sp³-hybridized carbons (Fsp3) is 0.516. The molecule has 41 heavy (non-hydrogen) atoms. The number of benzene rings is 2. The second kappa shape index (κ2) is 14.4. The van der Waals surface area contributed by atoms with E-state index in [1.807, 2.05) is 6.92 Å². The highest BCUT2D eigenvalue weighted by Gasteiger charge is 2.37. The summed E-state index contributed by atoms with van der Waals surface area (Å²) in [7, 11) is -3.86. The maximum atomic E-state index is 13.9. The minimum absolute atomic E-state index is 0.130. The van der Waals surface area contributed by atoms with E-state index in [1.165, 1.54) is 36.4 Å². The van der Waals surface area contributed by atoms with Crippen LogP contribution in [0, 0.1) is 29.3 Å². The van der Waals surface area contributed by atoms with Crippen molar-refractivity contribution in [3.8, 4) is 0 Å². The zero-order valence-corrected chi connectivity index (χ0v) is 24.2. The number of rotatable bonds is 8. The summed E-state index contributed by atoms with van der Waals surface area (Å²) in [6.07, 6.45) is 10.3. The number of aliphatic imine (C=N–C) groups is 1. The van der Waals surface area contributed by atoms with E-state index in [9.17, 15) is 26.0 Å². The number of halogens is 4. The third-order valence-electron chi connectivity index (χ3n) is 8.24. The van der Waals surface area contributed by atoms with Crippen LogP contribution in [0.4, 0.5) is 17.6 Å². The SMILES string of the molecule is CC/C=C/CF.O=S(=O)(NCC1CCC(CN=C2CC3c4cc(F)c(F)cc4CCC3N2)CC1)c1ccccc1F. The molecular formula is C31H39F4N3O2S. The molecule has 224 valence electrons. The lowest BCUT2D eigenvalue weighted by atomic mass is 9.79. The smallest absolute Gasteiger partial charge is 0.243 e. The van der Waals surface area contributed by atoms with Crippen LogP contribution in [0.3, 0.4) is 0 Å².